The highest BCUT2D eigenvalue weighted by Crippen LogP contribution is 2.19. The molecule has 5 nitrogen and oxygen atoms in total. The van der Waals surface area contributed by atoms with Crippen molar-refractivity contribution in [3.05, 3.63) is 28.5 Å². The summed E-state index contributed by atoms with van der Waals surface area (Å²) in [6, 6.07) is 1.58. The van der Waals surface area contributed by atoms with E-state index in [1.54, 1.807) is 19.2 Å². The standard InChI is InChI=1S/C11H10BrNO4/c1-6-2-9(11(15)16-6)17-10(14)7-3-8(12)5-13-4-7/h3-6,9H,2H2,1H3/t6-,9+/m0/s1. The van der Waals surface area contributed by atoms with E-state index in [2.05, 4.69) is 20.9 Å². The summed E-state index contributed by atoms with van der Waals surface area (Å²) in [5, 5.41) is 0. The maximum atomic E-state index is 11.7. The molecule has 1 fully saturated rings. The van der Waals surface area contributed by atoms with Crippen LogP contribution in [0.2, 0.25) is 0 Å². The number of halogens is 1. The van der Waals surface area contributed by atoms with E-state index in [0.717, 1.165) is 0 Å². The van der Waals surface area contributed by atoms with Crippen molar-refractivity contribution in [1.82, 2.24) is 4.98 Å². The third-order valence-electron chi connectivity index (χ3n) is 2.32. The predicted molar refractivity (Wildman–Crippen MR) is 61.3 cm³/mol. The highest BCUT2D eigenvalue weighted by Gasteiger charge is 2.35. The van der Waals surface area contributed by atoms with E-state index in [1.165, 1.54) is 6.20 Å². The largest absolute Gasteiger partial charge is 0.460 e. The van der Waals surface area contributed by atoms with Gasteiger partial charge < -0.3 is 9.47 Å². The molecule has 17 heavy (non-hydrogen) atoms. The number of pyridine rings is 1. The van der Waals surface area contributed by atoms with E-state index in [4.69, 9.17) is 9.47 Å². The summed E-state index contributed by atoms with van der Waals surface area (Å²) in [7, 11) is 0. The van der Waals surface area contributed by atoms with E-state index in [-0.39, 0.29) is 6.10 Å². The molecule has 0 bridgehead atoms. The van der Waals surface area contributed by atoms with Crippen LogP contribution in [0.3, 0.4) is 0 Å². The molecular formula is C11H10BrNO4. The van der Waals surface area contributed by atoms with Crippen molar-refractivity contribution >= 4 is 27.9 Å². The summed E-state index contributed by atoms with van der Waals surface area (Å²) in [6.07, 6.45) is 2.32. The van der Waals surface area contributed by atoms with E-state index >= 15 is 0 Å². The number of ether oxygens (including phenoxy) is 2. The fourth-order valence-corrected chi connectivity index (χ4v) is 1.90. The summed E-state index contributed by atoms with van der Waals surface area (Å²) in [5.74, 6) is -1.07. The topological polar surface area (TPSA) is 65.5 Å². The summed E-state index contributed by atoms with van der Waals surface area (Å²) < 4.78 is 10.6. The first-order valence-corrected chi connectivity index (χ1v) is 5.87. The number of carbonyl (C=O) groups excluding carboxylic acids is 2. The zero-order chi connectivity index (χ0) is 12.4. The average molecular weight is 300 g/mol. The molecule has 0 aliphatic carbocycles. The van der Waals surface area contributed by atoms with E-state index in [1.807, 2.05) is 0 Å². The number of carbonyl (C=O) groups is 2. The van der Waals surface area contributed by atoms with Gasteiger partial charge in [0.05, 0.1) is 5.56 Å². The van der Waals surface area contributed by atoms with Gasteiger partial charge >= 0.3 is 11.9 Å². The minimum atomic E-state index is -0.809. The fourth-order valence-electron chi connectivity index (χ4n) is 1.54. The maximum Gasteiger partial charge on any atom is 0.347 e. The minimum Gasteiger partial charge on any atom is -0.460 e. The third-order valence-corrected chi connectivity index (χ3v) is 2.75. The quantitative estimate of drug-likeness (QED) is 0.778. The SMILES string of the molecule is C[C@H]1C[C@@H](OC(=O)c2cncc(Br)c2)C(=O)O1. The van der Waals surface area contributed by atoms with Crippen LogP contribution in [-0.4, -0.2) is 29.1 Å². The first-order valence-electron chi connectivity index (χ1n) is 5.08. The summed E-state index contributed by atoms with van der Waals surface area (Å²) in [5.41, 5.74) is 0.298. The van der Waals surface area contributed by atoms with Crippen LogP contribution < -0.4 is 0 Å². The van der Waals surface area contributed by atoms with Crippen molar-refractivity contribution < 1.29 is 19.1 Å². The van der Waals surface area contributed by atoms with Gasteiger partial charge in [-0.2, -0.15) is 0 Å². The van der Waals surface area contributed by atoms with Crippen molar-refractivity contribution in [2.75, 3.05) is 0 Å². The molecule has 0 spiro atoms. The van der Waals surface area contributed by atoms with Gasteiger partial charge in [-0.15, -0.1) is 0 Å². The number of esters is 2. The number of cyclic esters (lactones) is 1. The van der Waals surface area contributed by atoms with Crippen molar-refractivity contribution in [1.29, 1.82) is 0 Å². The number of hydrogen-bond donors (Lipinski definition) is 0. The number of rotatable bonds is 2. The van der Waals surface area contributed by atoms with Gasteiger partial charge in [-0.3, -0.25) is 4.98 Å². The van der Waals surface area contributed by atoms with Crippen LogP contribution in [0.15, 0.2) is 22.9 Å². The summed E-state index contributed by atoms with van der Waals surface area (Å²) >= 11 is 3.20. The molecule has 1 aromatic rings. The smallest absolute Gasteiger partial charge is 0.347 e. The second-order valence-corrected chi connectivity index (χ2v) is 4.68. The lowest BCUT2D eigenvalue weighted by Crippen LogP contribution is -2.22. The van der Waals surface area contributed by atoms with Crippen LogP contribution in [0, 0.1) is 0 Å². The predicted octanol–water partition coefficient (Wildman–Crippen LogP) is 1.70. The van der Waals surface area contributed by atoms with E-state index in [9.17, 15) is 9.59 Å². The van der Waals surface area contributed by atoms with Crippen LogP contribution in [0.25, 0.3) is 0 Å². The highest BCUT2D eigenvalue weighted by molar-refractivity contribution is 9.10. The molecule has 0 radical (unpaired) electrons. The molecule has 0 N–H and O–H groups in total. The molecule has 0 unspecified atom stereocenters. The van der Waals surface area contributed by atoms with Gasteiger partial charge in [-0.1, -0.05) is 0 Å². The Morgan fingerprint density at radius 1 is 1.59 bits per heavy atom. The molecule has 1 aliphatic heterocycles. The van der Waals surface area contributed by atoms with Crippen molar-refractivity contribution in [3.8, 4) is 0 Å². The Hall–Kier alpha value is -1.43. The van der Waals surface area contributed by atoms with Crippen LogP contribution in [0.4, 0.5) is 0 Å². The molecule has 0 amide bonds. The Bertz CT molecular complexity index is 463. The molecule has 1 aliphatic rings. The van der Waals surface area contributed by atoms with Gasteiger partial charge in [0.2, 0.25) is 6.10 Å². The Labute approximate surface area is 106 Å². The Morgan fingerprint density at radius 3 is 2.94 bits per heavy atom. The highest BCUT2D eigenvalue weighted by atomic mass is 79.9. The van der Waals surface area contributed by atoms with Crippen molar-refractivity contribution in [3.63, 3.8) is 0 Å². The van der Waals surface area contributed by atoms with Gasteiger partial charge in [0, 0.05) is 23.3 Å². The zero-order valence-corrected chi connectivity index (χ0v) is 10.6. The van der Waals surface area contributed by atoms with Crippen molar-refractivity contribution in [2.45, 2.75) is 25.6 Å². The van der Waals surface area contributed by atoms with Crippen LogP contribution in [0.5, 0.6) is 0 Å². The monoisotopic (exact) mass is 299 g/mol. The first-order chi connectivity index (χ1) is 8.06. The van der Waals surface area contributed by atoms with E-state index < -0.39 is 18.0 Å². The number of hydrogen-bond acceptors (Lipinski definition) is 5. The Kier molecular flexibility index (Phi) is 3.42. The van der Waals surface area contributed by atoms with Crippen LogP contribution in [-0.2, 0) is 14.3 Å². The Morgan fingerprint density at radius 2 is 2.35 bits per heavy atom. The number of nitrogens with zero attached hydrogens (tertiary/aromatic N) is 1. The molecule has 90 valence electrons. The molecule has 1 saturated heterocycles. The summed E-state index contributed by atoms with van der Waals surface area (Å²) in [4.78, 5) is 26.9. The zero-order valence-electron chi connectivity index (χ0n) is 9.05. The molecule has 2 rings (SSSR count). The lowest BCUT2D eigenvalue weighted by Gasteiger charge is -2.07. The molecule has 1 aromatic heterocycles. The van der Waals surface area contributed by atoms with E-state index in [0.29, 0.717) is 16.5 Å². The van der Waals surface area contributed by atoms with Crippen LogP contribution in [0.1, 0.15) is 23.7 Å². The molecule has 6 heteroatoms. The normalized spacial score (nSPS) is 23.3. The average Bonchev–Trinajstić information content (AvgIpc) is 2.57. The second kappa shape index (κ2) is 4.83. The number of aromatic nitrogens is 1. The van der Waals surface area contributed by atoms with Gasteiger partial charge in [-0.25, -0.2) is 9.59 Å². The van der Waals surface area contributed by atoms with Crippen LogP contribution >= 0.6 is 15.9 Å². The molecule has 2 heterocycles. The molecule has 0 aromatic carbocycles. The molecule has 0 saturated carbocycles. The van der Waals surface area contributed by atoms with Gasteiger partial charge in [-0.05, 0) is 28.9 Å². The molecule has 2 atom stereocenters. The van der Waals surface area contributed by atoms with Crippen molar-refractivity contribution in [2.24, 2.45) is 0 Å². The minimum absolute atomic E-state index is 0.207. The van der Waals surface area contributed by atoms with Gasteiger partial charge in [0.1, 0.15) is 6.10 Å². The lowest BCUT2D eigenvalue weighted by molar-refractivity contribution is -0.147. The first kappa shape index (κ1) is 12.0. The lowest BCUT2D eigenvalue weighted by atomic mass is 10.2. The van der Waals surface area contributed by atoms with Gasteiger partial charge in [0.25, 0.3) is 0 Å². The maximum absolute atomic E-state index is 11.7. The summed E-state index contributed by atoms with van der Waals surface area (Å²) in [6.45, 7) is 1.76. The Balaban J connectivity index is 2.05. The molecular weight excluding hydrogens is 290 g/mol. The van der Waals surface area contributed by atoms with Gasteiger partial charge in [0.15, 0.2) is 0 Å². The third kappa shape index (κ3) is 2.82. The second-order valence-electron chi connectivity index (χ2n) is 3.77. The fraction of sp³-hybridized carbons (Fsp3) is 0.364.